The van der Waals surface area contributed by atoms with Gasteiger partial charge in [-0.1, -0.05) is 6.42 Å². The number of ether oxygens (including phenoxy) is 1. The van der Waals surface area contributed by atoms with Crippen LogP contribution in [-0.4, -0.2) is 24.2 Å². The summed E-state index contributed by atoms with van der Waals surface area (Å²) in [6, 6.07) is 4.54. The molecule has 1 atom stereocenters. The predicted molar refractivity (Wildman–Crippen MR) is 66.8 cm³/mol. The number of nitrogens with zero attached hydrogens (tertiary/aromatic N) is 1. The van der Waals surface area contributed by atoms with E-state index in [4.69, 9.17) is 4.74 Å². The maximum Gasteiger partial charge on any atom is 0.0718 e. The summed E-state index contributed by atoms with van der Waals surface area (Å²) in [5.41, 5.74) is 1.20. The van der Waals surface area contributed by atoms with Crippen molar-refractivity contribution in [1.82, 2.24) is 10.3 Å². The Hall–Kier alpha value is -0.640. The molecule has 0 aliphatic carbocycles. The Balaban J connectivity index is 0.00000128. The predicted octanol–water partition coefficient (Wildman–Crippen LogP) is 2.16. The van der Waals surface area contributed by atoms with E-state index in [1.54, 1.807) is 12.4 Å². The van der Waals surface area contributed by atoms with E-state index in [2.05, 4.69) is 10.3 Å². The molecule has 1 aliphatic rings. The van der Waals surface area contributed by atoms with Crippen LogP contribution in [0.5, 0.6) is 0 Å². The molecule has 90 valence electrons. The minimum absolute atomic E-state index is 0. The van der Waals surface area contributed by atoms with E-state index >= 15 is 0 Å². The Morgan fingerprint density at radius 3 is 2.81 bits per heavy atom. The van der Waals surface area contributed by atoms with Gasteiger partial charge in [-0.2, -0.15) is 0 Å². The van der Waals surface area contributed by atoms with Crippen LogP contribution < -0.4 is 5.32 Å². The van der Waals surface area contributed by atoms with E-state index in [1.807, 2.05) is 12.1 Å². The molecule has 1 aromatic heterocycles. The number of hydrogen-bond acceptors (Lipinski definition) is 3. The normalized spacial score (nSPS) is 20.1. The highest BCUT2D eigenvalue weighted by molar-refractivity contribution is 5.85. The van der Waals surface area contributed by atoms with Gasteiger partial charge in [0.25, 0.3) is 0 Å². The zero-order valence-corrected chi connectivity index (χ0v) is 10.2. The quantitative estimate of drug-likeness (QED) is 0.879. The molecule has 4 heteroatoms. The molecule has 0 spiro atoms. The fraction of sp³-hybridized carbons (Fsp3) is 0.583. The van der Waals surface area contributed by atoms with E-state index in [0.29, 0.717) is 12.6 Å². The van der Waals surface area contributed by atoms with Gasteiger partial charge in [-0.3, -0.25) is 4.98 Å². The second kappa shape index (κ2) is 7.60. The number of rotatable bonds is 4. The maximum absolute atomic E-state index is 5.67. The molecule has 2 heterocycles. The average Bonchev–Trinajstić information content (AvgIpc) is 2.32. The molecule has 1 fully saturated rings. The van der Waals surface area contributed by atoms with Crippen molar-refractivity contribution >= 4 is 12.4 Å². The van der Waals surface area contributed by atoms with Crippen molar-refractivity contribution in [3.63, 3.8) is 0 Å². The second-order valence-corrected chi connectivity index (χ2v) is 4.02. The van der Waals surface area contributed by atoms with Crippen LogP contribution in [0.4, 0.5) is 0 Å². The third-order valence-corrected chi connectivity index (χ3v) is 2.75. The molecule has 0 saturated carbocycles. The van der Waals surface area contributed by atoms with Crippen molar-refractivity contribution < 1.29 is 4.74 Å². The standard InChI is InChI=1S/C12H18N2O.ClH/c1-2-6-14-12(3-1)10-15-9-11-4-7-13-8-5-11;/h4-5,7-8,12,14H,1-3,6,9-10H2;1H. The van der Waals surface area contributed by atoms with E-state index in [-0.39, 0.29) is 12.4 Å². The first-order valence-electron chi connectivity index (χ1n) is 5.65. The summed E-state index contributed by atoms with van der Waals surface area (Å²) in [4.78, 5) is 3.98. The highest BCUT2D eigenvalue weighted by atomic mass is 35.5. The van der Waals surface area contributed by atoms with Crippen LogP contribution in [0.3, 0.4) is 0 Å². The molecule has 0 amide bonds. The third kappa shape index (κ3) is 4.47. The molecular weight excluding hydrogens is 224 g/mol. The lowest BCUT2D eigenvalue weighted by Gasteiger charge is -2.23. The summed E-state index contributed by atoms with van der Waals surface area (Å²) in [6.45, 7) is 2.66. The number of pyridine rings is 1. The highest BCUT2D eigenvalue weighted by Gasteiger charge is 2.11. The van der Waals surface area contributed by atoms with Gasteiger partial charge in [-0.15, -0.1) is 12.4 Å². The molecule has 1 saturated heterocycles. The Morgan fingerprint density at radius 2 is 2.12 bits per heavy atom. The van der Waals surface area contributed by atoms with Crippen molar-refractivity contribution in [2.75, 3.05) is 13.2 Å². The smallest absolute Gasteiger partial charge is 0.0718 e. The molecule has 0 radical (unpaired) electrons. The Kier molecular flexibility index (Phi) is 6.38. The van der Waals surface area contributed by atoms with Gasteiger partial charge in [0.15, 0.2) is 0 Å². The minimum atomic E-state index is 0. The van der Waals surface area contributed by atoms with Gasteiger partial charge in [0, 0.05) is 18.4 Å². The van der Waals surface area contributed by atoms with Crippen LogP contribution in [0.2, 0.25) is 0 Å². The van der Waals surface area contributed by atoms with Gasteiger partial charge in [-0.05, 0) is 37.1 Å². The largest absolute Gasteiger partial charge is 0.375 e. The van der Waals surface area contributed by atoms with E-state index in [9.17, 15) is 0 Å². The lowest BCUT2D eigenvalue weighted by atomic mass is 10.1. The summed E-state index contributed by atoms with van der Waals surface area (Å²) in [5.74, 6) is 0. The zero-order chi connectivity index (χ0) is 10.3. The van der Waals surface area contributed by atoms with Crippen LogP contribution in [0.25, 0.3) is 0 Å². The van der Waals surface area contributed by atoms with E-state index in [0.717, 1.165) is 13.2 Å². The van der Waals surface area contributed by atoms with Crippen molar-refractivity contribution in [3.05, 3.63) is 30.1 Å². The van der Waals surface area contributed by atoms with Gasteiger partial charge < -0.3 is 10.1 Å². The molecule has 1 unspecified atom stereocenters. The first-order chi connectivity index (χ1) is 7.45. The van der Waals surface area contributed by atoms with Crippen LogP contribution in [0, 0.1) is 0 Å². The van der Waals surface area contributed by atoms with Crippen molar-refractivity contribution in [3.8, 4) is 0 Å². The van der Waals surface area contributed by atoms with Gasteiger partial charge >= 0.3 is 0 Å². The molecule has 2 rings (SSSR count). The first-order valence-corrected chi connectivity index (χ1v) is 5.65. The van der Waals surface area contributed by atoms with E-state index < -0.39 is 0 Å². The van der Waals surface area contributed by atoms with E-state index in [1.165, 1.54) is 24.8 Å². The Labute approximate surface area is 103 Å². The summed E-state index contributed by atoms with van der Waals surface area (Å²) >= 11 is 0. The average molecular weight is 243 g/mol. The number of hydrogen-bond donors (Lipinski definition) is 1. The summed E-state index contributed by atoms with van der Waals surface area (Å²) in [7, 11) is 0. The molecule has 1 aliphatic heterocycles. The van der Waals surface area contributed by atoms with Crippen molar-refractivity contribution in [2.45, 2.75) is 31.9 Å². The molecule has 1 N–H and O–H groups in total. The summed E-state index contributed by atoms with van der Waals surface area (Å²) < 4.78 is 5.67. The highest BCUT2D eigenvalue weighted by Crippen LogP contribution is 2.08. The van der Waals surface area contributed by atoms with Crippen LogP contribution in [-0.2, 0) is 11.3 Å². The Morgan fingerprint density at radius 1 is 1.31 bits per heavy atom. The van der Waals surface area contributed by atoms with Gasteiger partial charge in [0.2, 0.25) is 0 Å². The maximum atomic E-state index is 5.67. The van der Waals surface area contributed by atoms with Crippen LogP contribution in [0.1, 0.15) is 24.8 Å². The second-order valence-electron chi connectivity index (χ2n) is 4.02. The SMILES string of the molecule is Cl.c1cc(COCC2CCCCN2)ccn1. The molecule has 0 aromatic carbocycles. The lowest BCUT2D eigenvalue weighted by molar-refractivity contribution is 0.0911. The number of halogens is 1. The summed E-state index contributed by atoms with van der Waals surface area (Å²) in [5, 5.41) is 3.47. The Bertz CT molecular complexity index is 276. The molecule has 1 aromatic rings. The number of piperidine rings is 1. The van der Waals surface area contributed by atoms with Crippen molar-refractivity contribution in [2.24, 2.45) is 0 Å². The molecular formula is C12H19ClN2O. The molecule has 0 bridgehead atoms. The first kappa shape index (κ1) is 13.4. The summed E-state index contributed by atoms with van der Waals surface area (Å²) in [6.07, 6.45) is 7.49. The van der Waals surface area contributed by atoms with Gasteiger partial charge in [0.05, 0.1) is 13.2 Å². The topological polar surface area (TPSA) is 34.1 Å². The third-order valence-electron chi connectivity index (χ3n) is 2.75. The number of nitrogens with one attached hydrogen (secondary N) is 1. The number of aromatic nitrogens is 1. The monoisotopic (exact) mass is 242 g/mol. The fourth-order valence-corrected chi connectivity index (χ4v) is 1.86. The van der Waals surface area contributed by atoms with Crippen molar-refractivity contribution in [1.29, 1.82) is 0 Å². The molecule has 16 heavy (non-hydrogen) atoms. The fourth-order valence-electron chi connectivity index (χ4n) is 1.86. The van der Waals surface area contributed by atoms with Gasteiger partial charge in [-0.25, -0.2) is 0 Å². The van der Waals surface area contributed by atoms with Gasteiger partial charge in [0.1, 0.15) is 0 Å². The molecule has 3 nitrogen and oxygen atoms in total. The van der Waals surface area contributed by atoms with Crippen LogP contribution >= 0.6 is 12.4 Å². The van der Waals surface area contributed by atoms with Crippen LogP contribution in [0.15, 0.2) is 24.5 Å². The lowest BCUT2D eigenvalue weighted by Crippen LogP contribution is -2.37. The zero-order valence-electron chi connectivity index (χ0n) is 9.39. The minimum Gasteiger partial charge on any atom is -0.375 e.